The second kappa shape index (κ2) is 10.0. The van der Waals surface area contributed by atoms with Gasteiger partial charge in [-0.25, -0.2) is 4.79 Å². The summed E-state index contributed by atoms with van der Waals surface area (Å²) >= 11 is 1.54. The quantitative estimate of drug-likeness (QED) is 0.526. The largest absolute Gasteiger partial charge is 0.452 e. The normalized spacial score (nSPS) is 16.3. The van der Waals surface area contributed by atoms with Crippen molar-refractivity contribution in [1.29, 1.82) is 0 Å². The first-order chi connectivity index (χ1) is 12.1. The van der Waals surface area contributed by atoms with Crippen LogP contribution in [0.15, 0.2) is 29.2 Å². The summed E-state index contributed by atoms with van der Waals surface area (Å²) in [6.45, 7) is 0.210. The molecule has 7 nitrogen and oxygen atoms in total. The molecule has 0 bridgehead atoms. The zero-order chi connectivity index (χ0) is 18.1. The molecule has 0 aromatic heterocycles. The zero-order valence-electron chi connectivity index (χ0n) is 14.1. The highest BCUT2D eigenvalue weighted by Gasteiger charge is 2.19. The standard InChI is InChI=1S/C17H22N2O5S/c1-18-15(20)9-19-16(21)10-24-17(22)13-6-2-3-7-14(13)25-11-12-5-4-8-23-12/h2-3,6-7,12H,4-5,8-11H2,1H3,(H,18,20)(H,19,21)/t12-/m1/s1. The van der Waals surface area contributed by atoms with Crippen LogP contribution in [-0.2, 0) is 19.1 Å². The number of carbonyl (C=O) groups excluding carboxylic acids is 3. The third kappa shape index (κ3) is 6.39. The number of rotatable bonds is 8. The molecule has 8 heteroatoms. The van der Waals surface area contributed by atoms with Crippen LogP contribution >= 0.6 is 11.8 Å². The number of thioether (sulfide) groups is 1. The predicted octanol–water partition coefficient (Wildman–Crippen LogP) is 0.977. The summed E-state index contributed by atoms with van der Waals surface area (Å²) in [5, 5.41) is 4.75. The first-order valence-corrected chi connectivity index (χ1v) is 9.06. The van der Waals surface area contributed by atoms with Crippen LogP contribution in [0.3, 0.4) is 0 Å². The van der Waals surface area contributed by atoms with Gasteiger partial charge in [-0.1, -0.05) is 12.1 Å². The van der Waals surface area contributed by atoms with Gasteiger partial charge in [0.1, 0.15) is 0 Å². The fraction of sp³-hybridized carbons (Fsp3) is 0.471. The van der Waals surface area contributed by atoms with Gasteiger partial charge in [0.15, 0.2) is 6.61 Å². The molecule has 1 aliphatic heterocycles. The summed E-state index contributed by atoms with van der Waals surface area (Å²) in [4.78, 5) is 35.7. The molecule has 0 spiro atoms. The average Bonchev–Trinajstić information content (AvgIpc) is 3.16. The van der Waals surface area contributed by atoms with E-state index in [1.165, 1.54) is 7.05 Å². The summed E-state index contributed by atoms with van der Waals surface area (Å²) in [6.07, 6.45) is 2.31. The zero-order valence-corrected chi connectivity index (χ0v) is 14.9. The predicted molar refractivity (Wildman–Crippen MR) is 93.5 cm³/mol. The molecule has 1 aromatic carbocycles. The van der Waals surface area contributed by atoms with E-state index in [1.54, 1.807) is 23.9 Å². The number of hydrogen-bond donors (Lipinski definition) is 2. The molecule has 1 fully saturated rings. The van der Waals surface area contributed by atoms with Gasteiger partial charge in [0.25, 0.3) is 5.91 Å². The number of ether oxygens (including phenoxy) is 2. The van der Waals surface area contributed by atoms with Crippen LogP contribution in [-0.4, -0.2) is 56.4 Å². The molecule has 0 aliphatic carbocycles. The molecule has 25 heavy (non-hydrogen) atoms. The number of hydrogen-bond acceptors (Lipinski definition) is 6. The van der Waals surface area contributed by atoms with Gasteiger partial charge in [0.05, 0.1) is 18.2 Å². The van der Waals surface area contributed by atoms with Crippen molar-refractivity contribution in [2.45, 2.75) is 23.8 Å². The van der Waals surface area contributed by atoms with Crippen molar-refractivity contribution in [2.75, 3.05) is 32.6 Å². The van der Waals surface area contributed by atoms with Gasteiger partial charge in [-0.3, -0.25) is 9.59 Å². The molecule has 0 radical (unpaired) electrons. The summed E-state index contributed by atoms with van der Waals surface area (Å²) in [5.41, 5.74) is 0.421. The van der Waals surface area contributed by atoms with E-state index in [4.69, 9.17) is 9.47 Å². The lowest BCUT2D eigenvalue weighted by Crippen LogP contribution is -2.37. The Hall–Kier alpha value is -2.06. The van der Waals surface area contributed by atoms with Gasteiger partial charge < -0.3 is 20.1 Å². The molecule has 0 saturated carbocycles. The summed E-state index contributed by atoms with van der Waals surface area (Å²) in [7, 11) is 1.47. The molecule has 0 unspecified atom stereocenters. The second-order valence-electron chi connectivity index (χ2n) is 5.47. The van der Waals surface area contributed by atoms with E-state index < -0.39 is 18.5 Å². The number of likely N-dealkylation sites (N-methyl/N-ethyl adjacent to an activating group) is 1. The topological polar surface area (TPSA) is 93.7 Å². The molecule has 1 heterocycles. The lowest BCUT2D eigenvalue weighted by molar-refractivity contribution is -0.127. The third-order valence-electron chi connectivity index (χ3n) is 3.62. The molecule has 2 amide bonds. The van der Waals surface area contributed by atoms with Crippen molar-refractivity contribution in [3.8, 4) is 0 Å². The maximum Gasteiger partial charge on any atom is 0.339 e. The maximum atomic E-state index is 12.2. The fourth-order valence-electron chi connectivity index (χ4n) is 2.25. The Morgan fingerprint density at radius 2 is 2.08 bits per heavy atom. The Kier molecular flexibility index (Phi) is 7.75. The number of nitrogens with one attached hydrogen (secondary N) is 2. The van der Waals surface area contributed by atoms with Gasteiger partial charge in [0, 0.05) is 24.3 Å². The summed E-state index contributed by atoms with van der Waals surface area (Å²) in [5.74, 6) is -0.640. The highest BCUT2D eigenvalue weighted by atomic mass is 32.2. The van der Waals surface area contributed by atoms with Crippen molar-refractivity contribution in [2.24, 2.45) is 0 Å². The van der Waals surface area contributed by atoms with Crippen LogP contribution in [0, 0.1) is 0 Å². The molecule has 1 atom stereocenters. The van der Waals surface area contributed by atoms with Crippen molar-refractivity contribution >= 4 is 29.5 Å². The van der Waals surface area contributed by atoms with E-state index in [1.807, 2.05) is 12.1 Å². The van der Waals surface area contributed by atoms with Gasteiger partial charge in [-0.05, 0) is 25.0 Å². The minimum absolute atomic E-state index is 0.152. The molecule has 1 aromatic rings. The van der Waals surface area contributed by atoms with Gasteiger partial charge >= 0.3 is 5.97 Å². The van der Waals surface area contributed by atoms with Crippen molar-refractivity contribution < 1.29 is 23.9 Å². The smallest absolute Gasteiger partial charge is 0.339 e. The van der Waals surface area contributed by atoms with Crippen molar-refractivity contribution in [3.05, 3.63) is 29.8 Å². The monoisotopic (exact) mass is 366 g/mol. The first-order valence-electron chi connectivity index (χ1n) is 8.08. The minimum Gasteiger partial charge on any atom is -0.452 e. The molecule has 1 saturated heterocycles. The van der Waals surface area contributed by atoms with Crippen molar-refractivity contribution in [1.82, 2.24) is 10.6 Å². The van der Waals surface area contributed by atoms with Crippen molar-refractivity contribution in [3.63, 3.8) is 0 Å². The van der Waals surface area contributed by atoms with Crippen LogP contribution in [0.25, 0.3) is 0 Å². The van der Waals surface area contributed by atoms with Gasteiger partial charge in [-0.2, -0.15) is 0 Å². The highest BCUT2D eigenvalue weighted by molar-refractivity contribution is 7.99. The Morgan fingerprint density at radius 1 is 1.28 bits per heavy atom. The number of esters is 1. The molecule has 2 N–H and O–H groups in total. The number of benzene rings is 1. The first kappa shape index (κ1) is 19.3. The van der Waals surface area contributed by atoms with E-state index in [0.29, 0.717) is 5.56 Å². The average molecular weight is 366 g/mol. The minimum atomic E-state index is -0.564. The Bertz CT molecular complexity index is 617. The van der Waals surface area contributed by atoms with Crippen LogP contribution in [0.4, 0.5) is 0 Å². The number of amides is 2. The van der Waals surface area contributed by atoms with Crippen LogP contribution in [0.2, 0.25) is 0 Å². The highest BCUT2D eigenvalue weighted by Crippen LogP contribution is 2.27. The molecule has 136 valence electrons. The fourth-order valence-corrected chi connectivity index (χ4v) is 3.36. The maximum absolute atomic E-state index is 12.2. The van der Waals surface area contributed by atoms with Crippen LogP contribution in [0.1, 0.15) is 23.2 Å². The van der Waals surface area contributed by atoms with E-state index in [2.05, 4.69) is 10.6 Å². The lowest BCUT2D eigenvalue weighted by atomic mass is 10.2. The van der Waals surface area contributed by atoms with E-state index in [-0.39, 0.29) is 18.6 Å². The van der Waals surface area contributed by atoms with E-state index in [0.717, 1.165) is 30.1 Å². The third-order valence-corrected chi connectivity index (χ3v) is 4.82. The van der Waals surface area contributed by atoms with Crippen LogP contribution < -0.4 is 10.6 Å². The Labute approximate surface area is 150 Å². The molecule has 2 rings (SSSR count). The van der Waals surface area contributed by atoms with Gasteiger partial charge in [-0.15, -0.1) is 11.8 Å². The van der Waals surface area contributed by atoms with Crippen LogP contribution in [0.5, 0.6) is 0 Å². The summed E-state index contributed by atoms with van der Waals surface area (Å²) < 4.78 is 10.6. The summed E-state index contributed by atoms with van der Waals surface area (Å²) in [6, 6.07) is 7.12. The second-order valence-corrected chi connectivity index (χ2v) is 6.53. The number of carbonyl (C=O) groups is 3. The van der Waals surface area contributed by atoms with E-state index >= 15 is 0 Å². The molecular formula is C17H22N2O5S. The van der Waals surface area contributed by atoms with E-state index in [9.17, 15) is 14.4 Å². The Morgan fingerprint density at radius 3 is 2.80 bits per heavy atom. The Balaban J connectivity index is 1.84. The molecular weight excluding hydrogens is 344 g/mol. The lowest BCUT2D eigenvalue weighted by Gasteiger charge is -2.12. The van der Waals surface area contributed by atoms with Gasteiger partial charge in [0.2, 0.25) is 5.91 Å². The molecule has 1 aliphatic rings. The SMILES string of the molecule is CNC(=O)CNC(=O)COC(=O)c1ccccc1SC[C@H]1CCCO1.